The number of nitrogens with one attached hydrogen (secondary N) is 1. The summed E-state index contributed by atoms with van der Waals surface area (Å²) in [5.41, 5.74) is 0. The number of nitrogens with zero attached hydrogens (tertiary/aromatic N) is 3. The molecule has 0 amide bonds. The number of hydrogen-bond acceptors (Lipinski definition) is 3. The van der Waals surface area contributed by atoms with Gasteiger partial charge in [-0.3, -0.25) is 0 Å². The van der Waals surface area contributed by atoms with E-state index in [1.807, 2.05) is 5.32 Å². The summed E-state index contributed by atoms with van der Waals surface area (Å²) in [4.78, 5) is 0. The van der Waals surface area contributed by atoms with Gasteiger partial charge in [-0.05, 0) is 0 Å². The summed E-state index contributed by atoms with van der Waals surface area (Å²) in [6, 6.07) is 0. The van der Waals surface area contributed by atoms with Crippen LogP contribution in [0.25, 0.3) is 0 Å². The molecule has 0 aliphatic carbocycles. The van der Waals surface area contributed by atoms with E-state index in [1.165, 1.54) is 0 Å². The highest BCUT2D eigenvalue weighted by molar-refractivity contribution is 5.01. The zero-order valence-electron chi connectivity index (χ0n) is 11.1. The van der Waals surface area contributed by atoms with Gasteiger partial charge < -0.3 is 9.88 Å². The van der Waals surface area contributed by atoms with Gasteiger partial charge in [-0.15, -0.1) is 10.2 Å². The van der Waals surface area contributed by atoms with E-state index in [0.717, 1.165) is 0 Å². The average molecular weight is 197 g/mol. The van der Waals surface area contributed by atoms with E-state index in [0.29, 0.717) is 0 Å². The van der Waals surface area contributed by atoms with Crippen LogP contribution in [-0.4, -0.2) is 21.3 Å². The third-order valence-electron chi connectivity index (χ3n) is 1.38. The predicted octanol–water partition coefficient (Wildman–Crippen LogP) is 0.400. The first-order valence-corrected chi connectivity index (χ1v) is 3.21. The van der Waals surface area contributed by atoms with Crippen LogP contribution < -0.4 is 5.32 Å². The topological polar surface area (TPSA) is 42.7 Å². The van der Waals surface area contributed by atoms with E-state index < -0.39 is 37.3 Å². The first kappa shape index (κ1) is 4.41. The van der Waals surface area contributed by atoms with Gasteiger partial charge in [0.05, 0.1) is 10.6 Å². The molecule has 1 aliphatic heterocycles. The molecule has 0 spiro atoms. The Bertz CT molecular complexity index is 484. The normalized spacial score (nSPS) is 36.2. The third-order valence-corrected chi connectivity index (χ3v) is 1.38. The standard InChI is InChI=1S/C6H7F3N4/c7-6(8,9)5-12-11-4-3-10-1-2-13(4)5/h10H,1-3H2/i1D2,2D2,3D. The first-order chi connectivity index (χ1) is 7.98. The lowest BCUT2D eigenvalue weighted by Gasteiger charge is -2.16. The molecule has 13 heavy (non-hydrogen) atoms. The van der Waals surface area contributed by atoms with Crippen molar-refractivity contribution < 1.29 is 20.0 Å². The smallest absolute Gasteiger partial charge is 0.308 e. The van der Waals surface area contributed by atoms with Gasteiger partial charge >= 0.3 is 6.18 Å². The zero-order chi connectivity index (χ0) is 13.9. The second kappa shape index (κ2) is 2.69. The molecule has 2 heterocycles. The monoisotopic (exact) mass is 197 g/mol. The summed E-state index contributed by atoms with van der Waals surface area (Å²) >= 11 is 0. The fourth-order valence-corrected chi connectivity index (χ4v) is 0.872. The van der Waals surface area contributed by atoms with E-state index in [2.05, 4.69) is 10.2 Å². The predicted molar refractivity (Wildman–Crippen MR) is 36.7 cm³/mol. The van der Waals surface area contributed by atoms with E-state index in [9.17, 15) is 13.2 Å². The van der Waals surface area contributed by atoms with Crippen LogP contribution in [0.5, 0.6) is 0 Å². The van der Waals surface area contributed by atoms with Crippen molar-refractivity contribution in [3.05, 3.63) is 11.6 Å². The second-order valence-electron chi connectivity index (χ2n) is 2.24. The molecule has 0 fully saturated rings. The third kappa shape index (κ3) is 1.39. The van der Waals surface area contributed by atoms with Crippen molar-refractivity contribution in [3.8, 4) is 0 Å². The van der Waals surface area contributed by atoms with Gasteiger partial charge in [-0.1, -0.05) is 0 Å². The van der Waals surface area contributed by atoms with Crippen molar-refractivity contribution in [1.82, 2.24) is 20.1 Å². The molecule has 7 heteroatoms. The Hall–Kier alpha value is -1.11. The number of halogens is 3. The highest BCUT2D eigenvalue weighted by Gasteiger charge is 2.38. The van der Waals surface area contributed by atoms with Crippen molar-refractivity contribution >= 4 is 0 Å². The van der Waals surface area contributed by atoms with Crippen LogP contribution in [0.1, 0.15) is 18.5 Å². The molecule has 72 valence electrons. The number of rotatable bonds is 0. The molecule has 1 aliphatic rings. The number of alkyl halides is 3. The second-order valence-corrected chi connectivity index (χ2v) is 2.24. The molecule has 1 aromatic rings. The molecule has 1 atom stereocenters. The number of fused-ring (bicyclic) bond motifs is 1. The van der Waals surface area contributed by atoms with Crippen molar-refractivity contribution in [3.63, 3.8) is 0 Å². The molecule has 0 aromatic carbocycles. The van der Waals surface area contributed by atoms with Crippen LogP contribution in [0.3, 0.4) is 0 Å². The minimum atomic E-state index is -4.98. The molecule has 0 saturated carbocycles. The molecule has 1 aromatic heterocycles. The maximum Gasteiger partial charge on any atom is 0.451 e. The minimum Gasteiger partial charge on any atom is -0.308 e. The van der Waals surface area contributed by atoms with Crippen molar-refractivity contribution in [1.29, 1.82) is 0 Å². The van der Waals surface area contributed by atoms with Crippen LogP contribution in [0.15, 0.2) is 0 Å². The van der Waals surface area contributed by atoms with Gasteiger partial charge in [0, 0.05) is 15.7 Å². The Morgan fingerprint density at radius 3 is 2.92 bits per heavy atom. The zero-order valence-corrected chi connectivity index (χ0v) is 6.05. The Morgan fingerprint density at radius 2 is 2.23 bits per heavy atom. The van der Waals surface area contributed by atoms with Crippen LogP contribution in [0.4, 0.5) is 13.2 Å². The van der Waals surface area contributed by atoms with Gasteiger partial charge in [0.1, 0.15) is 5.82 Å². The van der Waals surface area contributed by atoms with Crippen LogP contribution >= 0.6 is 0 Å². The quantitative estimate of drug-likeness (QED) is 0.654. The van der Waals surface area contributed by atoms with Gasteiger partial charge in [-0.25, -0.2) is 0 Å². The number of aromatic nitrogens is 3. The molecular formula is C6H7F3N4. The molecule has 0 bridgehead atoms. The van der Waals surface area contributed by atoms with Crippen LogP contribution in [0.2, 0.25) is 0 Å². The van der Waals surface area contributed by atoms with Crippen molar-refractivity contribution in [2.24, 2.45) is 0 Å². The van der Waals surface area contributed by atoms with E-state index >= 15 is 0 Å². The largest absolute Gasteiger partial charge is 0.451 e. The lowest BCUT2D eigenvalue weighted by Crippen LogP contribution is -2.30. The molecule has 4 nitrogen and oxygen atoms in total. The minimum absolute atomic E-state index is 0.0127. The summed E-state index contributed by atoms with van der Waals surface area (Å²) in [6.07, 6.45) is -4.98. The number of hydrogen-bond donors (Lipinski definition) is 1. The molecule has 0 radical (unpaired) electrons. The first-order valence-electron chi connectivity index (χ1n) is 5.79. The van der Waals surface area contributed by atoms with Crippen molar-refractivity contribution in [2.75, 3.05) is 6.50 Å². The fourth-order valence-electron chi connectivity index (χ4n) is 0.872. The van der Waals surface area contributed by atoms with Crippen molar-refractivity contribution in [2.45, 2.75) is 19.2 Å². The summed E-state index contributed by atoms with van der Waals surface area (Å²) in [5.74, 6) is -2.28. The highest BCUT2D eigenvalue weighted by atomic mass is 19.4. The van der Waals surface area contributed by atoms with Crippen LogP contribution in [0, 0.1) is 0 Å². The average Bonchev–Trinajstić information content (AvgIpc) is 2.58. The Balaban J connectivity index is 2.70. The van der Waals surface area contributed by atoms with Gasteiger partial charge in [-0.2, -0.15) is 13.2 Å². The molecular weight excluding hydrogens is 185 g/mol. The Morgan fingerprint density at radius 1 is 1.46 bits per heavy atom. The lowest BCUT2D eigenvalue weighted by atomic mass is 10.4. The summed E-state index contributed by atoms with van der Waals surface area (Å²) in [7, 11) is 0. The maximum absolute atomic E-state index is 12.6. The molecule has 2 rings (SSSR count). The fraction of sp³-hybridized carbons (Fsp3) is 0.667. The van der Waals surface area contributed by atoms with Gasteiger partial charge in [0.15, 0.2) is 0 Å². The van der Waals surface area contributed by atoms with Crippen LogP contribution in [-0.2, 0) is 19.2 Å². The van der Waals surface area contributed by atoms with E-state index in [1.54, 1.807) is 0 Å². The van der Waals surface area contributed by atoms with E-state index in [4.69, 9.17) is 6.85 Å². The Labute approximate surface area is 78.8 Å². The molecule has 1 unspecified atom stereocenters. The lowest BCUT2D eigenvalue weighted by molar-refractivity contribution is -0.147. The van der Waals surface area contributed by atoms with Gasteiger partial charge in [0.2, 0.25) is 5.82 Å². The molecule has 1 N–H and O–H groups in total. The summed E-state index contributed by atoms with van der Waals surface area (Å²) in [5, 5.41) is 7.80. The SMILES string of the molecule is [2H]C1NC([2H])([2H])C([2H])([2H])n2c1nnc2C(F)(F)F. The van der Waals surface area contributed by atoms with E-state index in [-0.39, 0.29) is 4.57 Å². The highest BCUT2D eigenvalue weighted by Crippen LogP contribution is 2.28. The summed E-state index contributed by atoms with van der Waals surface area (Å²) in [6.45, 7) is -7.55. The maximum atomic E-state index is 12.6. The van der Waals surface area contributed by atoms with Gasteiger partial charge in [0.25, 0.3) is 0 Å². The Kier molecular flexibility index (Phi) is 0.912. The molecule has 0 saturated heterocycles. The summed E-state index contributed by atoms with van der Waals surface area (Å²) < 4.78 is 74.9.